The van der Waals surface area contributed by atoms with E-state index in [9.17, 15) is 4.79 Å². The Bertz CT molecular complexity index is 376. The molecule has 0 aliphatic rings. The summed E-state index contributed by atoms with van der Waals surface area (Å²) < 4.78 is 1.21. The average Bonchev–Trinajstić information content (AvgIpc) is 2.69. The Morgan fingerprint density at radius 3 is 2.59 bits per heavy atom. The molecular weight excluding hydrogens is 242 g/mol. The monoisotopic (exact) mass is 259 g/mol. The summed E-state index contributed by atoms with van der Waals surface area (Å²) in [5, 5.41) is 7.95. The fraction of sp³-hybridized carbons (Fsp3) is 0.625. The highest BCUT2D eigenvalue weighted by Gasteiger charge is 2.14. The van der Waals surface area contributed by atoms with Crippen molar-refractivity contribution in [3.05, 3.63) is 0 Å². The van der Waals surface area contributed by atoms with Gasteiger partial charge in [0.25, 0.3) is 5.95 Å². The van der Waals surface area contributed by atoms with Crippen molar-refractivity contribution in [3.63, 3.8) is 0 Å². The Labute approximate surface area is 104 Å². The number of carbonyl (C=O) groups is 1. The molecule has 17 heavy (non-hydrogen) atoms. The van der Waals surface area contributed by atoms with Gasteiger partial charge in [0.05, 0.1) is 5.75 Å². The van der Waals surface area contributed by atoms with Gasteiger partial charge in [0.1, 0.15) is 0 Å². The first-order chi connectivity index (χ1) is 8.13. The third-order valence-corrected chi connectivity index (χ3v) is 3.16. The van der Waals surface area contributed by atoms with E-state index in [1.54, 1.807) is 4.90 Å². The predicted molar refractivity (Wildman–Crippen MR) is 66.6 cm³/mol. The van der Waals surface area contributed by atoms with Gasteiger partial charge in [0.2, 0.25) is 11.1 Å². The van der Waals surface area contributed by atoms with Gasteiger partial charge < -0.3 is 10.7 Å². The number of anilines is 1. The van der Waals surface area contributed by atoms with Crippen LogP contribution in [0.4, 0.5) is 5.95 Å². The first kappa shape index (κ1) is 13.6. The van der Waals surface area contributed by atoms with Gasteiger partial charge in [0, 0.05) is 13.1 Å². The molecule has 1 aromatic rings. The molecule has 8 nitrogen and oxygen atoms in total. The number of hydrogen-bond donors (Lipinski definition) is 3. The van der Waals surface area contributed by atoms with Crippen LogP contribution in [0.15, 0.2) is 5.16 Å². The molecule has 1 amide bonds. The molecule has 0 spiro atoms. The van der Waals surface area contributed by atoms with Crippen LogP contribution in [0.3, 0.4) is 0 Å². The smallest absolute Gasteiger partial charge is 0.258 e. The number of rotatable bonds is 6. The van der Waals surface area contributed by atoms with Crippen LogP contribution >= 0.6 is 11.8 Å². The van der Waals surface area contributed by atoms with E-state index in [-0.39, 0.29) is 17.6 Å². The highest BCUT2D eigenvalue weighted by Crippen LogP contribution is 2.16. The van der Waals surface area contributed by atoms with Crippen LogP contribution in [0.5, 0.6) is 0 Å². The Kier molecular flexibility index (Phi) is 5.04. The fourth-order valence-corrected chi connectivity index (χ4v) is 2.03. The lowest BCUT2D eigenvalue weighted by atomic mass is 10.5. The first-order valence-corrected chi connectivity index (χ1v) is 6.20. The molecular formula is C8H17N7OS. The van der Waals surface area contributed by atoms with Gasteiger partial charge in [-0.15, -0.1) is 10.2 Å². The van der Waals surface area contributed by atoms with E-state index >= 15 is 0 Å². The van der Waals surface area contributed by atoms with Gasteiger partial charge in [-0.2, -0.15) is 0 Å². The number of nitrogens with zero attached hydrogens (tertiary/aromatic N) is 4. The second-order valence-corrected chi connectivity index (χ2v) is 4.12. The van der Waals surface area contributed by atoms with Crippen LogP contribution < -0.4 is 17.1 Å². The molecule has 0 aromatic carbocycles. The first-order valence-electron chi connectivity index (χ1n) is 5.21. The second-order valence-electron chi connectivity index (χ2n) is 3.18. The van der Waals surface area contributed by atoms with E-state index in [4.69, 9.17) is 11.7 Å². The predicted octanol–water partition coefficient (Wildman–Crippen LogP) is -0.762. The fourth-order valence-electron chi connectivity index (χ4n) is 1.27. The molecule has 0 aliphatic carbocycles. The number of nitrogens with two attached hydrogens (primary N) is 2. The van der Waals surface area contributed by atoms with Crippen LogP contribution in [0.1, 0.15) is 13.8 Å². The summed E-state index contributed by atoms with van der Waals surface area (Å²) in [4.78, 5) is 13.5. The van der Waals surface area contributed by atoms with Crippen molar-refractivity contribution < 1.29 is 4.79 Å². The second kappa shape index (κ2) is 6.30. The molecule has 0 atom stereocenters. The van der Waals surface area contributed by atoms with Crippen molar-refractivity contribution in [3.8, 4) is 0 Å². The maximum absolute atomic E-state index is 11.7. The maximum Gasteiger partial charge on any atom is 0.258 e. The zero-order valence-electron chi connectivity index (χ0n) is 9.88. The minimum Gasteiger partial charge on any atom is -0.343 e. The lowest BCUT2D eigenvalue weighted by molar-refractivity contribution is -0.127. The molecule has 1 aromatic heterocycles. The van der Waals surface area contributed by atoms with Crippen molar-refractivity contribution >= 4 is 23.6 Å². The minimum atomic E-state index is 0.0465. The molecule has 5 N–H and O–H groups in total. The van der Waals surface area contributed by atoms with Crippen molar-refractivity contribution in [1.82, 2.24) is 19.8 Å². The van der Waals surface area contributed by atoms with Gasteiger partial charge >= 0.3 is 0 Å². The zero-order chi connectivity index (χ0) is 12.8. The highest BCUT2D eigenvalue weighted by molar-refractivity contribution is 7.99. The third kappa shape index (κ3) is 3.24. The van der Waals surface area contributed by atoms with Gasteiger partial charge in [-0.3, -0.25) is 10.2 Å². The Morgan fingerprint density at radius 2 is 2.12 bits per heavy atom. The Hall–Kier alpha value is -1.48. The summed E-state index contributed by atoms with van der Waals surface area (Å²) in [6.07, 6.45) is 0. The number of carbonyl (C=O) groups excluding carboxylic acids is 1. The molecule has 96 valence electrons. The zero-order valence-corrected chi connectivity index (χ0v) is 10.7. The van der Waals surface area contributed by atoms with Crippen LogP contribution in [0.2, 0.25) is 0 Å². The van der Waals surface area contributed by atoms with Crippen LogP contribution in [0.25, 0.3) is 0 Å². The number of nitrogen functional groups attached to an aromatic ring is 2. The molecule has 9 heteroatoms. The molecule has 0 aliphatic heterocycles. The summed E-state index contributed by atoms with van der Waals surface area (Å²) in [5.41, 5.74) is 2.30. The molecule has 0 unspecified atom stereocenters. The van der Waals surface area contributed by atoms with E-state index in [2.05, 4.69) is 15.6 Å². The normalized spacial score (nSPS) is 10.3. The Morgan fingerprint density at radius 1 is 1.47 bits per heavy atom. The number of aromatic nitrogens is 3. The molecule has 0 saturated carbocycles. The largest absolute Gasteiger partial charge is 0.343 e. The lowest BCUT2D eigenvalue weighted by Gasteiger charge is -2.17. The molecule has 0 fully saturated rings. The highest BCUT2D eigenvalue weighted by atomic mass is 32.2. The van der Waals surface area contributed by atoms with Gasteiger partial charge in [-0.05, 0) is 13.8 Å². The van der Waals surface area contributed by atoms with Gasteiger partial charge in [-0.25, -0.2) is 10.5 Å². The van der Waals surface area contributed by atoms with Crippen LogP contribution in [-0.2, 0) is 4.79 Å². The summed E-state index contributed by atoms with van der Waals surface area (Å²) in [6, 6.07) is 0. The van der Waals surface area contributed by atoms with Crippen molar-refractivity contribution in [2.24, 2.45) is 5.84 Å². The molecule has 1 rings (SSSR count). The summed E-state index contributed by atoms with van der Waals surface area (Å²) in [5.74, 6) is 11.4. The summed E-state index contributed by atoms with van der Waals surface area (Å²) in [7, 11) is 0. The summed E-state index contributed by atoms with van der Waals surface area (Å²) in [6.45, 7) is 5.27. The topological polar surface area (TPSA) is 115 Å². The van der Waals surface area contributed by atoms with E-state index in [0.29, 0.717) is 18.2 Å². The lowest BCUT2D eigenvalue weighted by Crippen LogP contribution is -2.32. The van der Waals surface area contributed by atoms with Crippen LogP contribution in [0, 0.1) is 0 Å². The van der Waals surface area contributed by atoms with Crippen molar-refractivity contribution in [2.75, 3.05) is 30.1 Å². The van der Waals surface area contributed by atoms with E-state index in [0.717, 1.165) is 0 Å². The standard InChI is InChI=1S/C8H17N7OS/c1-3-14(4-2)6(16)5-17-8-13-12-7(11-9)15(8)10/h3-5,9-10H2,1-2H3,(H,11,12). The van der Waals surface area contributed by atoms with Crippen molar-refractivity contribution in [1.29, 1.82) is 0 Å². The Balaban J connectivity index is 2.55. The number of thioether (sulfide) groups is 1. The average molecular weight is 259 g/mol. The molecule has 0 bridgehead atoms. The minimum absolute atomic E-state index is 0.0465. The molecule has 0 saturated heterocycles. The van der Waals surface area contributed by atoms with E-state index in [1.165, 1.54) is 16.4 Å². The molecule has 0 radical (unpaired) electrons. The SMILES string of the molecule is CCN(CC)C(=O)CSc1nnc(NN)n1N. The van der Waals surface area contributed by atoms with E-state index in [1.807, 2.05) is 13.8 Å². The molecule has 1 heterocycles. The van der Waals surface area contributed by atoms with Gasteiger partial charge in [0.15, 0.2) is 0 Å². The van der Waals surface area contributed by atoms with Gasteiger partial charge in [-0.1, -0.05) is 11.8 Å². The summed E-state index contributed by atoms with van der Waals surface area (Å²) >= 11 is 1.23. The number of hydrogen-bond acceptors (Lipinski definition) is 7. The quantitative estimate of drug-likeness (QED) is 0.349. The van der Waals surface area contributed by atoms with Crippen LogP contribution in [-0.4, -0.2) is 44.5 Å². The van der Waals surface area contributed by atoms with Crippen molar-refractivity contribution in [2.45, 2.75) is 19.0 Å². The number of nitrogens with one attached hydrogen (secondary N) is 1. The third-order valence-electron chi connectivity index (χ3n) is 2.23. The van der Waals surface area contributed by atoms with E-state index < -0.39 is 0 Å². The number of amides is 1. The number of hydrazine groups is 1. The maximum atomic E-state index is 11.7.